The largest absolute Gasteiger partial charge is 0.478 e. The summed E-state index contributed by atoms with van der Waals surface area (Å²) in [5.41, 5.74) is 7.20. The van der Waals surface area contributed by atoms with Crippen LogP contribution in [-0.4, -0.2) is 241 Å². The number of esters is 2. The number of ether oxygens (including phenoxy) is 10. The molecule has 27 nitrogen and oxygen atoms in total. The molecule has 4 fully saturated rings. The van der Waals surface area contributed by atoms with Crippen molar-refractivity contribution in [1.82, 2.24) is 0 Å². The summed E-state index contributed by atoms with van der Waals surface area (Å²) in [4.78, 5) is 72.1. The maximum absolute atomic E-state index is 12.7. The van der Waals surface area contributed by atoms with Crippen molar-refractivity contribution in [2.45, 2.75) is 159 Å². The number of carbonyl (C=O) groups excluding carboxylic acids is 5. The molecule has 0 bridgehead atoms. The highest BCUT2D eigenvalue weighted by atomic mass is 16.8. The molecular formula is C87H106O27. The topological polar surface area (TPSA) is 417 Å². The van der Waals surface area contributed by atoms with Crippen LogP contribution in [0.3, 0.4) is 0 Å². The zero-order valence-corrected chi connectivity index (χ0v) is 64.2. The number of aliphatic hydroxyl groups excluding tert-OH is 10. The molecule has 11 N–H and O–H groups in total. The maximum atomic E-state index is 12.7. The lowest BCUT2D eigenvalue weighted by molar-refractivity contribution is -0.175. The number of carbonyl (C=O) groups is 6. The second-order valence-corrected chi connectivity index (χ2v) is 28.0. The Morgan fingerprint density at radius 3 is 1.02 bits per heavy atom. The normalized spacial score (nSPS) is 21.0. The molecule has 4 aliphatic rings. The number of Topliss-reactive ketones (excluding diaryl/α,β-unsaturated/α-hetero) is 3. The molecule has 0 saturated carbocycles. The molecule has 0 amide bonds. The molecule has 616 valence electrons. The van der Waals surface area contributed by atoms with Crippen molar-refractivity contribution in [2.75, 3.05) is 52.9 Å². The molecule has 1 unspecified atom stereocenters. The van der Waals surface area contributed by atoms with E-state index in [4.69, 9.17) is 83.1 Å². The number of rotatable bonds is 29. The van der Waals surface area contributed by atoms with E-state index < -0.39 is 116 Å². The highest BCUT2D eigenvalue weighted by molar-refractivity contribution is 6.29. The van der Waals surface area contributed by atoms with E-state index >= 15 is 0 Å². The minimum Gasteiger partial charge on any atom is -0.478 e. The molecular weight excluding hydrogens is 1480 g/mol. The van der Waals surface area contributed by atoms with Crippen LogP contribution in [0.2, 0.25) is 0 Å². The van der Waals surface area contributed by atoms with Gasteiger partial charge in [-0.25, -0.2) is 14.4 Å². The van der Waals surface area contributed by atoms with Gasteiger partial charge in [0.25, 0.3) is 0 Å². The monoisotopic (exact) mass is 1580 g/mol. The van der Waals surface area contributed by atoms with Gasteiger partial charge in [0.1, 0.15) is 86.5 Å². The number of aliphatic carboxylic acids is 1. The highest BCUT2D eigenvalue weighted by Crippen LogP contribution is 2.37. The van der Waals surface area contributed by atoms with E-state index in [0.717, 1.165) is 40.0 Å². The second kappa shape index (κ2) is 44.9. The smallest absolute Gasteiger partial charge is 0.330 e. The number of carboxylic acids is 1. The van der Waals surface area contributed by atoms with E-state index in [9.17, 15) is 49.2 Å². The molecule has 6 aromatic rings. The number of carboxylic acid groups (broad SMARTS) is 1. The van der Waals surface area contributed by atoms with Gasteiger partial charge in [-0.2, -0.15) is 0 Å². The Labute approximate surface area is 663 Å². The van der Waals surface area contributed by atoms with Gasteiger partial charge in [0.2, 0.25) is 0 Å². The predicted molar refractivity (Wildman–Crippen MR) is 424 cm³/mol. The Kier molecular flexibility index (Phi) is 37.5. The summed E-state index contributed by atoms with van der Waals surface area (Å²) in [6, 6.07) is 48.0. The van der Waals surface area contributed by atoms with Gasteiger partial charge >= 0.3 is 17.9 Å². The van der Waals surface area contributed by atoms with Crippen LogP contribution in [0.15, 0.2) is 202 Å². The molecule has 0 aliphatic carbocycles. The summed E-state index contributed by atoms with van der Waals surface area (Å²) in [6.07, 6.45) is -2.94. The fourth-order valence-corrected chi connectivity index (χ4v) is 11.3. The second-order valence-electron chi connectivity index (χ2n) is 28.0. The number of ketones is 3. The van der Waals surface area contributed by atoms with Gasteiger partial charge in [0.05, 0.1) is 39.6 Å². The van der Waals surface area contributed by atoms with E-state index in [1.54, 1.807) is 78.9 Å². The van der Waals surface area contributed by atoms with Crippen LogP contribution in [0, 0.1) is 0 Å². The molecule has 4 saturated heterocycles. The first-order valence-corrected chi connectivity index (χ1v) is 36.0. The lowest BCUT2D eigenvalue weighted by Gasteiger charge is -2.23. The average Bonchev–Trinajstić information content (AvgIpc) is 1.61. The highest BCUT2D eigenvalue weighted by Gasteiger charge is 2.51. The Morgan fingerprint density at radius 2 is 0.711 bits per heavy atom. The summed E-state index contributed by atoms with van der Waals surface area (Å²) in [6.45, 7) is 24.5. The number of allylic oxidation sites excluding steroid dienone is 3. The van der Waals surface area contributed by atoms with Crippen LogP contribution in [0.25, 0.3) is 34.9 Å². The van der Waals surface area contributed by atoms with E-state index in [-0.39, 0.29) is 62.4 Å². The van der Waals surface area contributed by atoms with Crippen LogP contribution < -0.4 is 0 Å². The summed E-state index contributed by atoms with van der Waals surface area (Å²) in [5, 5.41) is 97.4. The van der Waals surface area contributed by atoms with Gasteiger partial charge in [-0.05, 0) is 107 Å². The molecule has 27 heteroatoms. The first kappa shape index (κ1) is 95.1. The van der Waals surface area contributed by atoms with Crippen molar-refractivity contribution in [2.24, 2.45) is 0 Å². The Bertz CT molecular complexity index is 4160. The minimum absolute atomic E-state index is 0. The third-order valence-corrected chi connectivity index (χ3v) is 17.3. The van der Waals surface area contributed by atoms with Gasteiger partial charge in [-0.15, -0.1) is 0 Å². The molecule has 4 heterocycles. The number of hydrogen-bond acceptors (Lipinski definition) is 26. The molecule has 0 spiro atoms. The van der Waals surface area contributed by atoms with E-state index in [2.05, 4.69) is 19.7 Å². The van der Waals surface area contributed by atoms with Gasteiger partial charge in [0.15, 0.2) is 40.5 Å². The Morgan fingerprint density at radius 1 is 0.404 bits per heavy atom. The van der Waals surface area contributed by atoms with Crippen molar-refractivity contribution in [1.29, 1.82) is 0 Å². The first-order chi connectivity index (χ1) is 53.4. The van der Waals surface area contributed by atoms with Crippen LogP contribution >= 0.6 is 0 Å². The standard InChI is InChI=1S/C29H32O7.C23H24O7.C18H14O3.C11H20O5.C5H12O5.CH4/c1-19(21-9-7-6-8-10-21)26(31)22-14-11-20(12-15-22)13-16-25(30)32-17-23-27(36-29(4,5)35-23)24-18-33-28(2,3)34-24;1-15(17-5-3-2-4-6-17)22(28)18-10-7-16(8-11-18)9-12-21(27)30-14-20(26)23(29)19(25)13-24;1-13(15-5-3-2-4-6-15)18(21)16-10-7-14(8-11-16)9-12-17(19)20;1-10(2)13-6-8(15-10)9-7(5-12)14-11(3,4)16-9;6-1-3(8)5(10)4(9)2-7;/h6-16,23-24,27H,1,17-18H2,2-5H3;2-12,19-20,23-26,29H,1,13-14H2;2-12H,1H2,(H,19,20);7-9,12H,5-6H2,1-4H3;3-10H,1-2H2;1H4/b16-13+;2*12-9+;;;/t23-,24+,27+;19-,20+,23+;;7-,8+,9+;3-,4+,5?;/m10.1../s1. The van der Waals surface area contributed by atoms with Gasteiger partial charge in [0, 0.05) is 51.6 Å². The molecule has 6 aromatic carbocycles. The Balaban J connectivity index is 0.000000269. The van der Waals surface area contributed by atoms with E-state index in [1.807, 2.05) is 146 Å². The molecule has 0 radical (unpaired) electrons. The van der Waals surface area contributed by atoms with Crippen LogP contribution in [0.5, 0.6) is 0 Å². The van der Waals surface area contributed by atoms with E-state index in [0.29, 0.717) is 52.2 Å². The summed E-state index contributed by atoms with van der Waals surface area (Å²) in [7, 11) is 0. The Hall–Kier alpha value is -9.54. The minimum atomic E-state index is -1.64. The lowest BCUT2D eigenvalue weighted by Crippen LogP contribution is -2.42. The third kappa shape index (κ3) is 30.0. The van der Waals surface area contributed by atoms with Crippen LogP contribution in [0.1, 0.15) is 127 Å². The average molecular weight is 1580 g/mol. The summed E-state index contributed by atoms with van der Waals surface area (Å²) in [5.74, 6) is -5.54. The summed E-state index contributed by atoms with van der Waals surface area (Å²) >= 11 is 0. The maximum Gasteiger partial charge on any atom is 0.330 e. The van der Waals surface area contributed by atoms with Crippen LogP contribution in [-0.2, 0) is 61.8 Å². The van der Waals surface area contributed by atoms with Gasteiger partial charge in [-0.3, -0.25) is 14.4 Å². The van der Waals surface area contributed by atoms with Gasteiger partial charge < -0.3 is 104 Å². The van der Waals surface area contributed by atoms with Crippen molar-refractivity contribution < 1.29 is 132 Å². The molecule has 114 heavy (non-hydrogen) atoms. The van der Waals surface area contributed by atoms with Crippen LogP contribution in [0.4, 0.5) is 0 Å². The first-order valence-electron chi connectivity index (χ1n) is 36.0. The zero-order valence-electron chi connectivity index (χ0n) is 64.2. The summed E-state index contributed by atoms with van der Waals surface area (Å²) < 4.78 is 56.3. The molecule has 10 rings (SSSR count). The van der Waals surface area contributed by atoms with E-state index in [1.165, 1.54) is 18.2 Å². The van der Waals surface area contributed by atoms with Gasteiger partial charge in [-0.1, -0.05) is 191 Å². The fraction of sp³-hybridized carbons (Fsp3) is 0.379. The van der Waals surface area contributed by atoms with Crippen molar-refractivity contribution in [3.05, 3.63) is 252 Å². The van der Waals surface area contributed by atoms with Crippen molar-refractivity contribution >= 4 is 70.2 Å². The third-order valence-electron chi connectivity index (χ3n) is 17.3. The predicted octanol–water partition coefficient (Wildman–Crippen LogP) is 8.05. The lowest BCUT2D eigenvalue weighted by atomic mass is 9.97. The number of aliphatic hydroxyl groups is 10. The van der Waals surface area contributed by atoms with Crippen molar-refractivity contribution in [3.63, 3.8) is 0 Å². The van der Waals surface area contributed by atoms with Crippen molar-refractivity contribution in [3.8, 4) is 0 Å². The zero-order chi connectivity index (χ0) is 83.4. The SMILES string of the molecule is C.C=C(C(=O)c1ccc(/C=C/C(=O)O)cc1)c1ccccc1.C=C(C(=O)c1ccc(/C=C/C(=O)OC[C@@H](O)[C@H](O)[C@@H](O)CO)cc1)c1ccccc1.C=C(C(=O)c1ccc(/C=C/C(=O)OC[C@H]2OC(C)(C)O[C@@H]2[C@@H]2COC(C)(C)O2)cc1)c1ccccc1.CC1(C)OC[C@@H]([C@H]2OC(C)(C)O[C@@H]2CO)O1.OC[C@@H](O)C(O)[C@@H](O)CO. The number of hydrogen-bond donors (Lipinski definition) is 11. The molecule has 0 aromatic heterocycles. The fourth-order valence-electron chi connectivity index (χ4n) is 11.3. The molecule has 4 aliphatic heterocycles. The quantitative estimate of drug-likeness (QED) is 0.0120. The molecule has 12 atom stereocenters. The number of benzene rings is 6.